The monoisotopic (exact) mass is 486 g/mol. The van der Waals surface area contributed by atoms with E-state index in [4.69, 9.17) is 37.7 Å². The number of anilines is 1. The molecule has 0 bridgehead atoms. The van der Waals surface area contributed by atoms with Gasteiger partial charge in [0.15, 0.2) is 0 Å². The van der Waals surface area contributed by atoms with E-state index in [1.165, 1.54) is 6.42 Å². The number of halogens is 2. The molecular weight excluding hydrogens is 463 g/mol. The van der Waals surface area contributed by atoms with Crippen molar-refractivity contribution in [2.24, 2.45) is 11.8 Å². The predicted molar refractivity (Wildman–Crippen MR) is 129 cm³/mol. The standard InChI is InChI=1S/C24H24Cl2N4O3/c1-11(31)28-17-8-13-7-15(13)23(17)30-24-27-10-14-6-12(4-5-16(14)29-24)20-21(25)18(32-2)9-19(33-3)22(20)26/h4-6,9-10,13,15,17,23H,7-8H2,1-3H3,(H,28,31)(H,27,29,30)/t13-,15-,17-,23+/m0/s1. The molecule has 2 aliphatic rings. The summed E-state index contributed by atoms with van der Waals surface area (Å²) in [5, 5.41) is 8.19. The minimum atomic E-state index is -0.00782. The molecule has 0 unspecified atom stereocenters. The molecule has 1 heterocycles. The largest absolute Gasteiger partial charge is 0.495 e. The molecule has 33 heavy (non-hydrogen) atoms. The summed E-state index contributed by atoms with van der Waals surface area (Å²) in [5.41, 5.74) is 2.23. The normalized spacial score (nSPS) is 23.2. The summed E-state index contributed by atoms with van der Waals surface area (Å²) >= 11 is 13.2. The third-order valence-corrected chi connectivity index (χ3v) is 7.31. The topological polar surface area (TPSA) is 85.4 Å². The Kier molecular flexibility index (Phi) is 5.70. The Morgan fingerprint density at radius 3 is 2.48 bits per heavy atom. The average molecular weight is 487 g/mol. The van der Waals surface area contributed by atoms with Gasteiger partial charge in [-0.05, 0) is 42.4 Å². The second kappa shape index (κ2) is 8.54. The van der Waals surface area contributed by atoms with Crippen LogP contribution in [0.25, 0.3) is 22.0 Å². The van der Waals surface area contributed by atoms with Gasteiger partial charge in [-0.1, -0.05) is 29.3 Å². The molecule has 3 aromatic rings. The van der Waals surface area contributed by atoms with Gasteiger partial charge in [0, 0.05) is 36.2 Å². The van der Waals surface area contributed by atoms with Gasteiger partial charge >= 0.3 is 0 Å². The maximum absolute atomic E-state index is 11.6. The quantitative estimate of drug-likeness (QED) is 0.512. The second-order valence-electron chi connectivity index (χ2n) is 8.62. The van der Waals surface area contributed by atoms with Crippen LogP contribution in [0.4, 0.5) is 5.95 Å². The van der Waals surface area contributed by atoms with Gasteiger partial charge in [0.25, 0.3) is 0 Å². The first-order chi connectivity index (χ1) is 15.9. The van der Waals surface area contributed by atoms with Crippen molar-refractivity contribution in [2.45, 2.75) is 31.8 Å². The second-order valence-corrected chi connectivity index (χ2v) is 9.38. The van der Waals surface area contributed by atoms with Crippen LogP contribution in [0.5, 0.6) is 11.5 Å². The number of ether oxygens (including phenoxy) is 2. The summed E-state index contributed by atoms with van der Waals surface area (Å²) in [6.45, 7) is 1.56. The van der Waals surface area contributed by atoms with Gasteiger partial charge < -0.3 is 20.1 Å². The van der Waals surface area contributed by atoms with E-state index in [0.29, 0.717) is 44.9 Å². The molecule has 0 saturated heterocycles. The molecule has 1 aromatic heterocycles. The number of nitrogens with one attached hydrogen (secondary N) is 2. The van der Waals surface area contributed by atoms with Gasteiger partial charge in [0.2, 0.25) is 11.9 Å². The van der Waals surface area contributed by atoms with Crippen molar-refractivity contribution in [2.75, 3.05) is 19.5 Å². The number of amides is 1. The van der Waals surface area contributed by atoms with E-state index in [0.717, 1.165) is 22.9 Å². The summed E-state index contributed by atoms with van der Waals surface area (Å²) in [4.78, 5) is 20.8. The summed E-state index contributed by atoms with van der Waals surface area (Å²) < 4.78 is 10.8. The molecule has 172 valence electrons. The van der Waals surface area contributed by atoms with Crippen LogP contribution in [-0.4, -0.2) is 42.2 Å². The molecule has 2 saturated carbocycles. The third kappa shape index (κ3) is 4.04. The number of carbonyl (C=O) groups is 1. The SMILES string of the molecule is COc1cc(OC)c(Cl)c(-c2ccc3nc(N[C@@H]4[C@H]5C[C@H]5C[C@@H]4NC(C)=O)ncc3c2)c1Cl. The lowest BCUT2D eigenvalue weighted by atomic mass is 10.0. The maximum Gasteiger partial charge on any atom is 0.223 e. The van der Waals surface area contributed by atoms with E-state index in [1.807, 2.05) is 18.2 Å². The fraction of sp³-hybridized carbons (Fsp3) is 0.375. The number of methoxy groups -OCH3 is 2. The predicted octanol–water partition coefficient (Wildman–Crippen LogP) is 4.95. The van der Waals surface area contributed by atoms with Crippen LogP contribution >= 0.6 is 23.2 Å². The number of hydrogen-bond donors (Lipinski definition) is 2. The van der Waals surface area contributed by atoms with Crippen LogP contribution in [-0.2, 0) is 4.79 Å². The molecule has 7 nitrogen and oxygen atoms in total. The number of carbonyl (C=O) groups excluding carboxylic acids is 1. The maximum atomic E-state index is 11.6. The first kappa shape index (κ1) is 22.0. The van der Waals surface area contributed by atoms with Crippen molar-refractivity contribution in [3.05, 3.63) is 40.5 Å². The van der Waals surface area contributed by atoms with E-state index >= 15 is 0 Å². The highest BCUT2D eigenvalue weighted by atomic mass is 35.5. The lowest BCUT2D eigenvalue weighted by molar-refractivity contribution is -0.119. The minimum absolute atomic E-state index is 0.00782. The number of aromatic nitrogens is 2. The summed E-state index contributed by atoms with van der Waals surface area (Å²) in [7, 11) is 3.09. The summed E-state index contributed by atoms with van der Waals surface area (Å²) in [5.74, 6) is 2.75. The Balaban J connectivity index is 1.46. The molecule has 2 fully saturated rings. The van der Waals surface area contributed by atoms with E-state index in [-0.39, 0.29) is 18.0 Å². The zero-order chi connectivity index (χ0) is 23.3. The molecule has 2 aliphatic carbocycles. The first-order valence-electron chi connectivity index (χ1n) is 10.8. The molecule has 0 spiro atoms. The first-order valence-corrected chi connectivity index (χ1v) is 11.6. The number of nitrogens with zero attached hydrogens (tertiary/aromatic N) is 2. The molecule has 2 aromatic carbocycles. The number of rotatable bonds is 6. The fourth-order valence-electron chi connectivity index (χ4n) is 4.92. The highest BCUT2D eigenvalue weighted by Gasteiger charge is 2.53. The van der Waals surface area contributed by atoms with E-state index in [1.54, 1.807) is 33.4 Å². The van der Waals surface area contributed by atoms with Crippen LogP contribution < -0.4 is 20.1 Å². The van der Waals surface area contributed by atoms with Crippen LogP contribution in [0.1, 0.15) is 19.8 Å². The number of hydrogen-bond acceptors (Lipinski definition) is 6. The van der Waals surface area contributed by atoms with Crippen LogP contribution in [0, 0.1) is 11.8 Å². The summed E-state index contributed by atoms with van der Waals surface area (Å²) in [6, 6.07) is 7.70. The molecule has 0 aliphatic heterocycles. The van der Waals surface area contributed by atoms with Gasteiger partial charge in [-0.3, -0.25) is 4.79 Å². The molecule has 1 amide bonds. The van der Waals surface area contributed by atoms with Gasteiger partial charge in [-0.2, -0.15) is 0 Å². The van der Waals surface area contributed by atoms with Crippen molar-refractivity contribution in [1.82, 2.24) is 15.3 Å². The zero-order valence-corrected chi connectivity index (χ0v) is 20.0. The minimum Gasteiger partial charge on any atom is -0.495 e. The van der Waals surface area contributed by atoms with Crippen LogP contribution in [0.15, 0.2) is 30.5 Å². The van der Waals surface area contributed by atoms with E-state index < -0.39 is 0 Å². The Morgan fingerprint density at radius 1 is 1.09 bits per heavy atom. The Hall–Kier alpha value is -2.77. The molecule has 0 radical (unpaired) electrons. The Labute approximate surface area is 201 Å². The smallest absolute Gasteiger partial charge is 0.223 e. The van der Waals surface area contributed by atoms with Crippen molar-refractivity contribution in [3.8, 4) is 22.6 Å². The van der Waals surface area contributed by atoms with E-state index in [9.17, 15) is 4.79 Å². The van der Waals surface area contributed by atoms with Crippen molar-refractivity contribution in [3.63, 3.8) is 0 Å². The van der Waals surface area contributed by atoms with Crippen molar-refractivity contribution < 1.29 is 14.3 Å². The van der Waals surface area contributed by atoms with E-state index in [2.05, 4.69) is 15.6 Å². The number of benzene rings is 2. The highest BCUT2D eigenvalue weighted by molar-refractivity contribution is 6.41. The average Bonchev–Trinajstić information content (AvgIpc) is 3.48. The molecule has 4 atom stereocenters. The van der Waals surface area contributed by atoms with Crippen molar-refractivity contribution in [1.29, 1.82) is 0 Å². The molecule has 5 rings (SSSR count). The van der Waals surface area contributed by atoms with Crippen molar-refractivity contribution >= 4 is 46.0 Å². The Morgan fingerprint density at radius 2 is 1.82 bits per heavy atom. The van der Waals surface area contributed by atoms with Gasteiger partial charge in [-0.15, -0.1) is 0 Å². The van der Waals surface area contributed by atoms with Gasteiger partial charge in [-0.25, -0.2) is 9.97 Å². The third-order valence-electron chi connectivity index (χ3n) is 6.56. The Bertz CT molecular complexity index is 1220. The summed E-state index contributed by atoms with van der Waals surface area (Å²) in [6.07, 6.45) is 3.97. The fourth-order valence-corrected chi connectivity index (χ4v) is 5.64. The number of fused-ring (bicyclic) bond motifs is 2. The van der Waals surface area contributed by atoms with Crippen LogP contribution in [0.2, 0.25) is 10.0 Å². The van der Waals surface area contributed by atoms with Gasteiger partial charge in [0.05, 0.1) is 35.8 Å². The zero-order valence-electron chi connectivity index (χ0n) is 18.5. The molecule has 2 N–H and O–H groups in total. The molecular formula is C24H24Cl2N4O3. The lowest BCUT2D eigenvalue weighted by Crippen LogP contribution is -2.44. The van der Waals surface area contributed by atoms with Crippen LogP contribution in [0.3, 0.4) is 0 Å². The molecule has 9 heteroatoms. The lowest BCUT2D eigenvalue weighted by Gasteiger charge is -2.24. The highest BCUT2D eigenvalue weighted by Crippen LogP contribution is 2.52. The van der Waals surface area contributed by atoms with Gasteiger partial charge in [0.1, 0.15) is 11.5 Å².